The molecule has 0 saturated carbocycles. The number of fused-ring (bicyclic) bond motifs is 1. The smallest absolute Gasteiger partial charge is 0.411 e. The molecule has 0 radical (unpaired) electrons. The Morgan fingerprint density at radius 2 is 1.89 bits per heavy atom. The van der Waals surface area contributed by atoms with Gasteiger partial charge in [0, 0.05) is 10.1 Å². The van der Waals surface area contributed by atoms with E-state index >= 15 is 0 Å². The van der Waals surface area contributed by atoms with E-state index in [-0.39, 0.29) is 19.0 Å². The highest BCUT2D eigenvalue weighted by Gasteiger charge is 2.19. The molecular weight excluding hydrogens is 466 g/mol. The Balaban J connectivity index is 1.52. The van der Waals surface area contributed by atoms with Crippen LogP contribution < -0.4 is 20.5 Å². The Bertz CT molecular complexity index is 1340. The molecule has 0 aliphatic rings. The molecule has 4 rings (SSSR count). The second kappa shape index (κ2) is 10.9. The first-order valence-corrected chi connectivity index (χ1v) is 11.6. The minimum absolute atomic E-state index is 0.000728. The average molecular weight is 492 g/mol. The molecule has 0 aliphatic heterocycles. The topological polar surface area (TPSA) is 127 Å². The number of nitrogen functional groups attached to an aromatic ring is 1. The summed E-state index contributed by atoms with van der Waals surface area (Å²) in [6, 6.07) is 21.9. The lowest BCUT2D eigenvalue weighted by Crippen LogP contribution is -2.21. The van der Waals surface area contributed by atoms with Crippen molar-refractivity contribution >= 4 is 39.0 Å². The van der Waals surface area contributed by atoms with Gasteiger partial charge in [-0.3, -0.25) is 10.7 Å². The molecule has 4 aromatic rings. The zero-order valence-corrected chi connectivity index (χ0v) is 19.8. The van der Waals surface area contributed by atoms with Gasteiger partial charge >= 0.3 is 6.09 Å². The average Bonchev–Trinajstić information content (AvgIpc) is 3.33. The number of carbonyl (C=O) groups excluding carboxylic acids is 1. The number of thiophene rings is 1. The molecule has 9 heteroatoms. The van der Waals surface area contributed by atoms with Crippen molar-refractivity contribution in [3.05, 3.63) is 88.8 Å². The van der Waals surface area contributed by atoms with Crippen molar-refractivity contribution in [1.82, 2.24) is 0 Å². The van der Waals surface area contributed by atoms with Crippen LogP contribution >= 0.6 is 11.3 Å². The van der Waals surface area contributed by atoms with E-state index in [4.69, 9.17) is 25.4 Å². The largest absolute Gasteiger partial charge is 0.495 e. The summed E-state index contributed by atoms with van der Waals surface area (Å²) in [6.07, 6.45) is -1.25. The van der Waals surface area contributed by atoms with Gasteiger partial charge < -0.3 is 25.1 Å². The number of rotatable bonds is 9. The minimum atomic E-state index is -0.669. The maximum Gasteiger partial charge on any atom is 0.411 e. The number of amidine groups is 1. The molecule has 35 heavy (non-hydrogen) atoms. The van der Waals surface area contributed by atoms with Crippen molar-refractivity contribution in [3.8, 4) is 11.5 Å². The van der Waals surface area contributed by atoms with Crippen molar-refractivity contribution in [1.29, 1.82) is 5.41 Å². The summed E-state index contributed by atoms with van der Waals surface area (Å²) < 4.78 is 18.1. The normalized spacial score (nSPS) is 11.6. The lowest BCUT2D eigenvalue weighted by atomic mass is 10.1. The number of aliphatic hydroxyl groups is 1. The van der Waals surface area contributed by atoms with E-state index in [1.807, 2.05) is 54.6 Å². The number of hydrogen-bond donors (Lipinski definition) is 4. The third-order valence-corrected chi connectivity index (χ3v) is 6.41. The molecule has 0 spiro atoms. The fourth-order valence-electron chi connectivity index (χ4n) is 3.52. The molecular formula is C26H25N3O5S. The van der Waals surface area contributed by atoms with Gasteiger partial charge in [-0.25, -0.2) is 4.79 Å². The quantitative estimate of drug-likeness (QED) is 0.192. The Morgan fingerprint density at radius 1 is 1.09 bits per heavy atom. The van der Waals surface area contributed by atoms with E-state index in [1.165, 1.54) is 18.4 Å². The Labute approximate surface area is 206 Å². The Hall–Kier alpha value is -4.08. The summed E-state index contributed by atoms with van der Waals surface area (Å²) in [5, 5.41) is 20.5. The highest BCUT2D eigenvalue weighted by molar-refractivity contribution is 7.20. The van der Waals surface area contributed by atoms with Crippen LogP contribution in [0.3, 0.4) is 0 Å². The zero-order valence-electron chi connectivity index (χ0n) is 19.0. The second-order valence-corrected chi connectivity index (χ2v) is 8.71. The Morgan fingerprint density at radius 3 is 2.60 bits per heavy atom. The monoisotopic (exact) mass is 491 g/mol. The van der Waals surface area contributed by atoms with Crippen LogP contribution in [0.4, 0.5) is 10.5 Å². The van der Waals surface area contributed by atoms with Crippen LogP contribution in [-0.2, 0) is 11.3 Å². The summed E-state index contributed by atoms with van der Waals surface area (Å²) in [4.78, 5) is 13.2. The molecule has 1 unspecified atom stereocenters. The molecule has 0 bridgehead atoms. The van der Waals surface area contributed by atoms with E-state index in [0.717, 1.165) is 15.6 Å². The molecule has 0 fully saturated rings. The number of hydrogen-bond acceptors (Lipinski definition) is 7. The summed E-state index contributed by atoms with van der Waals surface area (Å²) in [7, 11) is 1.48. The highest BCUT2D eigenvalue weighted by Crippen LogP contribution is 2.35. The van der Waals surface area contributed by atoms with Crippen LogP contribution in [0.2, 0.25) is 0 Å². The van der Waals surface area contributed by atoms with Crippen LogP contribution in [0.1, 0.15) is 22.1 Å². The predicted molar refractivity (Wildman–Crippen MR) is 137 cm³/mol. The summed E-state index contributed by atoms with van der Waals surface area (Å²) in [5.74, 6) is 1.01. The number of carbonyl (C=O) groups is 1. The third kappa shape index (κ3) is 5.71. The first-order chi connectivity index (χ1) is 17.0. The van der Waals surface area contributed by atoms with Gasteiger partial charge in [0.2, 0.25) is 0 Å². The van der Waals surface area contributed by atoms with Crippen LogP contribution in [-0.4, -0.2) is 30.8 Å². The van der Waals surface area contributed by atoms with Gasteiger partial charge in [-0.05, 0) is 41.5 Å². The van der Waals surface area contributed by atoms with Crippen molar-refractivity contribution in [2.75, 3.05) is 19.0 Å². The molecule has 3 aromatic carbocycles. The maximum absolute atomic E-state index is 12.6. The van der Waals surface area contributed by atoms with Crippen molar-refractivity contribution in [3.63, 3.8) is 0 Å². The van der Waals surface area contributed by atoms with E-state index in [1.54, 1.807) is 18.2 Å². The first kappa shape index (κ1) is 24.1. The van der Waals surface area contributed by atoms with Crippen LogP contribution in [0.5, 0.6) is 11.5 Å². The number of nitrogens with two attached hydrogens (primary N) is 1. The molecule has 5 N–H and O–H groups in total. The molecule has 8 nitrogen and oxygen atoms in total. The van der Waals surface area contributed by atoms with Gasteiger partial charge in [-0.1, -0.05) is 42.5 Å². The van der Waals surface area contributed by atoms with E-state index < -0.39 is 12.2 Å². The number of nitrogens with one attached hydrogen (secondary N) is 2. The van der Waals surface area contributed by atoms with Gasteiger partial charge in [0.25, 0.3) is 0 Å². The van der Waals surface area contributed by atoms with E-state index in [2.05, 4.69) is 5.32 Å². The summed E-state index contributed by atoms with van der Waals surface area (Å²) >= 11 is 1.42. The lowest BCUT2D eigenvalue weighted by molar-refractivity contribution is 0.0909. The molecule has 1 amide bonds. The summed E-state index contributed by atoms with van der Waals surface area (Å²) in [6.45, 7) is -0.186. The van der Waals surface area contributed by atoms with Crippen LogP contribution in [0.25, 0.3) is 10.1 Å². The minimum Gasteiger partial charge on any atom is -0.495 e. The standard InChI is InChI=1S/C26H25N3O5S/c1-32-21-12-16(14-30)10-11-19(21)29-26(31)33-15-22(17-6-3-2-4-7-17)34-20-8-5-9-23-18(20)13-24(35-23)25(27)28/h2-13,22,30H,14-15H2,1H3,(H3,27,28)(H,29,31). The second-order valence-electron chi connectivity index (χ2n) is 7.63. The van der Waals surface area contributed by atoms with E-state index in [0.29, 0.717) is 27.6 Å². The van der Waals surface area contributed by atoms with Gasteiger partial charge in [0.15, 0.2) is 6.10 Å². The highest BCUT2D eigenvalue weighted by atomic mass is 32.1. The Kier molecular flexibility index (Phi) is 7.49. The van der Waals surface area contributed by atoms with Crippen molar-refractivity contribution in [2.45, 2.75) is 12.7 Å². The number of ether oxygens (including phenoxy) is 3. The maximum atomic E-state index is 12.6. The van der Waals surface area contributed by atoms with E-state index in [9.17, 15) is 9.90 Å². The lowest BCUT2D eigenvalue weighted by Gasteiger charge is -2.20. The van der Waals surface area contributed by atoms with Crippen molar-refractivity contribution in [2.24, 2.45) is 5.73 Å². The fourth-order valence-corrected chi connectivity index (χ4v) is 4.46. The zero-order chi connectivity index (χ0) is 24.8. The molecule has 0 aliphatic carbocycles. The first-order valence-electron chi connectivity index (χ1n) is 10.8. The summed E-state index contributed by atoms with van der Waals surface area (Å²) in [5.41, 5.74) is 7.59. The number of benzene rings is 3. The number of methoxy groups -OCH3 is 1. The predicted octanol–water partition coefficient (Wildman–Crippen LogP) is 5.06. The number of anilines is 1. The van der Waals surface area contributed by atoms with Gasteiger partial charge in [-0.15, -0.1) is 11.3 Å². The molecule has 1 heterocycles. The molecule has 180 valence electrons. The fraction of sp³-hybridized carbons (Fsp3) is 0.154. The molecule has 1 aromatic heterocycles. The van der Waals surface area contributed by atoms with Crippen LogP contribution in [0.15, 0.2) is 72.8 Å². The molecule has 0 saturated heterocycles. The molecule has 1 atom stereocenters. The van der Waals surface area contributed by atoms with Gasteiger partial charge in [0.1, 0.15) is 23.9 Å². The SMILES string of the molecule is COc1cc(CO)ccc1NC(=O)OCC(Oc1cccc2sc(C(=N)N)cc12)c1ccccc1. The number of amides is 1. The van der Waals surface area contributed by atoms with Crippen molar-refractivity contribution < 1.29 is 24.1 Å². The number of aliphatic hydroxyl groups excluding tert-OH is 1. The van der Waals surface area contributed by atoms with Gasteiger partial charge in [0.05, 0.1) is 24.3 Å². The van der Waals surface area contributed by atoms with Gasteiger partial charge in [-0.2, -0.15) is 0 Å². The third-order valence-electron chi connectivity index (χ3n) is 5.28. The van der Waals surface area contributed by atoms with Crippen LogP contribution in [0, 0.1) is 5.41 Å².